The van der Waals surface area contributed by atoms with Crippen molar-refractivity contribution in [3.05, 3.63) is 35.4 Å². The van der Waals surface area contributed by atoms with Crippen molar-refractivity contribution in [1.29, 1.82) is 0 Å². The van der Waals surface area contributed by atoms with Gasteiger partial charge in [-0.05, 0) is 18.9 Å². The average molecular weight is 192 g/mol. The quantitative estimate of drug-likeness (QED) is 0.748. The van der Waals surface area contributed by atoms with Gasteiger partial charge in [-0.15, -0.1) is 0 Å². The number of urea groups is 1. The molecule has 0 aromatic heterocycles. The van der Waals surface area contributed by atoms with Gasteiger partial charge < -0.3 is 10.6 Å². The minimum absolute atomic E-state index is 0.128. The molecule has 0 fully saturated rings. The monoisotopic (exact) mass is 192 g/mol. The van der Waals surface area contributed by atoms with Crippen LogP contribution in [0.5, 0.6) is 0 Å². The first kappa shape index (κ1) is 10.6. The molecule has 0 saturated heterocycles. The summed E-state index contributed by atoms with van der Waals surface area (Å²) in [7, 11) is 1.61. The lowest BCUT2D eigenvalue weighted by Crippen LogP contribution is -2.33. The second-order valence-electron chi connectivity index (χ2n) is 3.24. The standard InChI is InChI=1S/C11H16N2O/c1-9-3-5-10(6-4-9)7-8-13-11(14)12-2/h3-6H,7-8H2,1-2H3,(H2,12,13,14). The zero-order chi connectivity index (χ0) is 10.4. The summed E-state index contributed by atoms with van der Waals surface area (Å²) in [5.74, 6) is 0. The predicted octanol–water partition coefficient (Wildman–Crippen LogP) is 1.47. The van der Waals surface area contributed by atoms with Gasteiger partial charge in [0.2, 0.25) is 0 Å². The highest BCUT2D eigenvalue weighted by Gasteiger charge is 1.95. The summed E-state index contributed by atoms with van der Waals surface area (Å²) < 4.78 is 0. The molecule has 2 N–H and O–H groups in total. The van der Waals surface area contributed by atoms with Crippen LogP contribution in [0.3, 0.4) is 0 Å². The summed E-state index contributed by atoms with van der Waals surface area (Å²) in [6, 6.07) is 8.20. The summed E-state index contributed by atoms with van der Waals surface area (Å²) in [6.45, 7) is 2.73. The Hall–Kier alpha value is -1.51. The van der Waals surface area contributed by atoms with Crippen molar-refractivity contribution in [1.82, 2.24) is 10.6 Å². The van der Waals surface area contributed by atoms with Gasteiger partial charge >= 0.3 is 6.03 Å². The van der Waals surface area contributed by atoms with E-state index in [0.717, 1.165) is 6.42 Å². The summed E-state index contributed by atoms with van der Waals surface area (Å²) in [4.78, 5) is 10.8. The SMILES string of the molecule is CNC(=O)NCCc1ccc(C)cc1. The highest BCUT2D eigenvalue weighted by molar-refractivity contribution is 5.73. The van der Waals surface area contributed by atoms with E-state index in [2.05, 4.69) is 41.8 Å². The third-order valence-electron chi connectivity index (χ3n) is 2.05. The van der Waals surface area contributed by atoms with Crippen LogP contribution in [0.2, 0.25) is 0 Å². The molecule has 0 radical (unpaired) electrons. The van der Waals surface area contributed by atoms with E-state index in [4.69, 9.17) is 0 Å². The van der Waals surface area contributed by atoms with E-state index in [1.807, 2.05) is 0 Å². The summed E-state index contributed by atoms with van der Waals surface area (Å²) in [5.41, 5.74) is 2.50. The first-order chi connectivity index (χ1) is 6.72. The number of benzene rings is 1. The van der Waals surface area contributed by atoms with Gasteiger partial charge in [0.1, 0.15) is 0 Å². The smallest absolute Gasteiger partial charge is 0.314 e. The van der Waals surface area contributed by atoms with Crippen molar-refractivity contribution in [2.24, 2.45) is 0 Å². The first-order valence-corrected chi connectivity index (χ1v) is 4.73. The van der Waals surface area contributed by atoms with Crippen LogP contribution in [0.15, 0.2) is 24.3 Å². The lowest BCUT2D eigenvalue weighted by molar-refractivity contribution is 0.243. The number of nitrogens with one attached hydrogen (secondary N) is 2. The maximum absolute atomic E-state index is 10.8. The van der Waals surface area contributed by atoms with Crippen LogP contribution in [-0.2, 0) is 6.42 Å². The molecule has 0 aliphatic heterocycles. The van der Waals surface area contributed by atoms with Crippen molar-refractivity contribution < 1.29 is 4.79 Å². The van der Waals surface area contributed by atoms with E-state index in [9.17, 15) is 4.79 Å². The molecule has 1 rings (SSSR count). The van der Waals surface area contributed by atoms with E-state index < -0.39 is 0 Å². The summed E-state index contributed by atoms with van der Waals surface area (Å²) in [5, 5.41) is 5.26. The van der Waals surface area contributed by atoms with Crippen molar-refractivity contribution in [2.75, 3.05) is 13.6 Å². The minimum atomic E-state index is -0.128. The van der Waals surface area contributed by atoms with E-state index in [-0.39, 0.29) is 6.03 Å². The van der Waals surface area contributed by atoms with Gasteiger partial charge in [-0.1, -0.05) is 29.8 Å². The molecule has 0 unspecified atom stereocenters. The first-order valence-electron chi connectivity index (χ1n) is 4.73. The molecule has 0 aliphatic carbocycles. The molecule has 0 atom stereocenters. The van der Waals surface area contributed by atoms with Crippen molar-refractivity contribution in [3.8, 4) is 0 Å². The zero-order valence-corrected chi connectivity index (χ0v) is 8.63. The number of rotatable bonds is 3. The molecular weight excluding hydrogens is 176 g/mol. The van der Waals surface area contributed by atoms with E-state index >= 15 is 0 Å². The summed E-state index contributed by atoms with van der Waals surface area (Å²) >= 11 is 0. The lowest BCUT2D eigenvalue weighted by atomic mass is 10.1. The van der Waals surface area contributed by atoms with Crippen molar-refractivity contribution >= 4 is 6.03 Å². The molecule has 1 aromatic rings. The Balaban J connectivity index is 2.31. The Labute approximate surface area is 84.5 Å². The number of carbonyl (C=O) groups is 1. The van der Waals surface area contributed by atoms with Crippen LogP contribution in [-0.4, -0.2) is 19.6 Å². The maximum atomic E-state index is 10.8. The number of hydrogen-bond acceptors (Lipinski definition) is 1. The van der Waals surface area contributed by atoms with E-state index in [1.54, 1.807) is 7.05 Å². The number of carbonyl (C=O) groups excluding carboxylic acids is 1. The molecule has 76 valence electrons. The maximum Gasteiger partial charge on any atom is 0.314 e. The van der Waals surface area contributed by atoms with Crippen LogP contribution in [0.25, 0.3) is 0 Å². The fourth-order valence-electron chi connectivity index (χ4n) is 1.16. The molecule has 14 heavy (non-hydrogen) atoms. The highest BCUT2D eigenvalue weighted by atomic mass is 16.2. The number of amides is 2. The largest absolute Gasteiger partial charge is 0.341 e. The molecule has 3 nitrogen and oxygen atoms in total. The van der Waals surface area contributed by atoms with Gasteiger partial charge in [0.05, 0.1) is 0 Å². The average Bonchev–Trinajstić information content (AvgIpc) is 2.21. The molecular formula is C11H16N2O. The van der Waals surface area contributed by atoms with E-state index in [0.29, 0.717) is 6.54 Å². The molecule has 2 amide bonds. The van der Waals surface area contributed by atoms with Gasteiger partial charge in [-0.3, -0.25) is 0 Å². The molecule has 3 heteroatoms. The van der Waals surface area contributed by atoms with Gasteiger partial charge in [0, 0.05) is 13.6 Å². The van der Waals surface area contributed by atoms with Crippen molar-refractivity contribution in [3.63, 3.8) is 0 Å². The van der Waals surface area contributed by atoms with E-state index in [1.165, 1.54) is 11.1 Å². The third-order valence-corrected chi connectivity index (χ3v) is 2.05. The van der Waals surface area contributed by atoms with Crippen LogP contribution >= 0.6 is 0 Å². The normalized spacial score (nSPS) is 9.57. The fourth-order valence-corrected chi connectivity index (χ4v) is 1.16. The van der Waals surface area contributed by atoms with Gasteiger partial charge in [0.15, 0.2) is 0 Å². The third kappa shape index (κ3) is 3.47. The molecule has 1 aromatic carbocycles. The number of hydrogen-bond donors (Lipinski definition) is 2. The van der Waals surface area contributed by atoms with Crippen LogP contribution in [0.4, 0.5) is 4.79 Å². The second kappa shape index (κ2) is 5.27. The molecule has 0 bridgehead atoms. The lowest BCUT2D eigenvalue weighted by Gasteiger charge is -2.04. The second-order valence-corrected chi connectivity index (χ2v) is 3.24. The Morgan fingerprint density at radius 3 is 2.50 bits per heavy atom. The number of aryl methyl sites for hydroxylation is 1. The van der Waals surface area contributed by atoms with Crippen molar-refractivity contribution in [2.45, 2.75) is 13.3 Å². The molecule has 0 saturated carbocycles. The van der Waals surface area contributed by atoms with Gasteiger partial charge in [-0.2, -0.15) is 0 Å². The molecule has 0 heterocycles. The van der Waals surface area contributed by atoms with Crippen LogP contribution in [0.1, 0.15) is 11.1 Å². The molecule has 0 aliphatic rings. The zero-order valence-electron chi connectivity index (χ0n) is 8.63. The van der Waals surface area contributed by atoms with Gasteiger partial charge in [0.25, 0.3) is 0 Å². The Bertz CT molecular complexity index is 293. The summed E-state index contributed by atoms with van der Waals surface area (Å²) in [6.07, 6.45) is 0.869. The van der Waals surface area contributed by atoms with Crippen LogP contribution < -0.4 is 10.6 Å². The fraction of sp³-hybridized carbons (Fsp3) is 0.364. The highest BCUT2D eigenvalue weighted by Crippen LogP contribution is 2.02. The Kier molecular flexibility index (Phi) is 3.98. The predicted molar refractivity (Wildman–Crippen MR) is 57.3 cm³/mol. The molecule has 0 spiro atoms. The topological polar surface area (TPSA) is 41.1 Å². The Morgan fingerprint density at radius 1 is 1.29 bits per heavy atom. The minimum Gasteiger partial charge on any atom is -0.341 e. The van der Waals surface area contributed by atoms with Gasteiger partial charge in [-0.25, -0.2) is 4.79 Å². The Morgan fingerprint density at radius 2 is 1.93 bits per heavy atom. The van der Waals surface area contributed by atoms with Crippen LogP contribution in [0, 0.1) is 6.92 Å².